The van der Waals surface area contributed by atoms with Gasteiger partial charge in [-0.2, -0.15) is 4.99 Å². The summed E-state index contributed by atoms with van der Waals surface area (Å²) < 4.78 is 6.06. The van der Waals surface area contributed by atoms with Gasteiger partial charge >= 0.3 is 5.97 Å². The molecule has 7 heteroatoms. The zero-order valence-corrected chi connectivity index (χ0v) is 12.2. The SMILES string of the molecule is NC1=NC(=O)[C@H](CC(=O)OCc2ccc(Br)cc2)S1. The van der Waals surface area contributed by atoms with Crippen molar-refractivity contribution >= 4 is 44.7 Å². The summed E-state index contributed by atoms with van der Waals surface area (Å²) in [4.78, 5) is 26.5. The number of ether oxygens (including phenoxy) is 1. The molecule has 5 nitrogen and oxygen atoms in total. The molecule has 0 radical (unpaired) electrons. The van der Waals surface area contributed by atoms with E-state index in [-0.39, 0.29) is 24.1 Å². The lowest BCUT2D eigenvalue weighted by atomic mass is 10.2. The number of amides is 1. The smallest absolute Gasteiger partial charge is 0.307 e. The Labute approximate surface area is 122 Å². The maximum absolute atomic E-state index is 11.6. The number of hydrogen-bond donors (Lipinski definition) is 1. The number of carbonyl (C=O) groups is 2. The molecule has 1 aromatic carbocycles. The van der Waals surface area contributed by atoms with E-state index in [1.807, 2.05) is 24.3 Å². The highest BCUT2D eigenvalue weighted by Gasteiger charge is 2.29. The van der Waals surface area contributed by atoms with Crippen molar-refractivity contribution in [2.75, 3.05) is 0 Å². The van der Waals surface area contributed by atoms with E-state index < -0.39 is 11.2 Å². The largest absolute Gasteiger partial charge is 0.461 e. The number of esters is 1. The van der Waals surface area contributed by atoms with Crippen molar-refractivity contribution in [3.8, 4) is 0 Å². The van der Waals surface area contributed by atoms with Gasteiger partial charge in [-0.25, -0.2) is 0 Å². The number of nitrogens with two attached hydrogens (primary N) is 1. The molecule has 1 amide bonds. The Bertz CT molecular complexity index is 530. The quantitative estimate of drug-likeness (QED) is 0.844. The summed E-state index contributed by atoms with van der Waals surface area (Å²) >= 11 is 4.42. The molecular weight excluding hydrogens is 332 g/mol. The van der Waals surface area contributed by atoms with Gasteiger partial charge in [-0.15, -0.1) is 0 Å². The Hall–Kier alpha value is -1.34. The van der Waals surface area contributed by atoms with E-state index in [9.17, 15) is 9.59 Å². The maximum atomic E-state index is 11.6. The molecular formula is C12H11BrN2O3S. The average Bonchev–Trinajstić information content (AvgIpc) is 2.67. The monoisotopic (exact) mass is 342 g/mol. The van der Waals surface area contributed by atoms with Crippen LogP contribution in [0.4, 0.5) is 0 Å². The summed E-state index contributed by atoms with van der Waals surface area (Å²) in [7, 11) is 0. The van der Waals surface area contributed by atoms with E-state index in [0.29, 0.717) is 0 Å². The van der Waals surface area contributed by atoms with Gasteiger partial charge in [0.15, 0.2) is 5.17 Å². The van der Waals surface area contributed by atoms with Crippen molar-refractivity contribution in [3.05, 3.63) is 34.3 Å². The highest BCUT2D eigenvalue weighted by molar-refractivity contribution is 9.10. The zero-order valence-electron chi connectivity index (χ0n) is 9.84. The predicted octanol–water partition coefficient (Wildman–Crippen LogP) is 1.84. The van der Waals surface area contributed by atoms with Gasteiger partial charge in [-0.1, -0.05) is 39.8 Å². The fourth-order valence-corrected chi connectivity index (χ4v) is 2.56. The first-order valence-corrected chi connectivity index (χ1v) is 7.16. The molecule has 100 valence electrons. The van der Waals surface area contributed by atoms with E-state index in [2.05, 4.69) is 20.9 Å². The van der Waals surface area contributed by atoms with Crippen molar-refractivity contribution in [3.63, 3.8) is 0 Å². The summed E-state index contributed by atoms with van der Waals surface area (Å²) in [6, 6.07) is 7.45. The molecule has 0 aromatic heterocycles. The van der Waals surface area contributed by atoms with Gasteiger partial charge in [0.05, 0.1) is 6.42 Å². The zero-order chi connectivity index (χ0) is 13.8. The fourth-order valence-electron chi connectivity index (χ4n) is 1.49. The lowest BCUT2D eigenvalue weighted by Crippen LogP contribution is -2.18. The number of halogens is 1. The third-order valence-electron chi connectivity index (χ3n) is 2.42. The number of aliphatic imine (C=N–C) groups is 1. The summed E-state index contributed by atoms with van der Waals surface area (Å²) in [5.41, 5.74) is 6.29. The number of rotatable bonds is 4. The van der Waals surface area contributed by atoms with E-state index in [0.717, 1.165) is 21.8 Å². The molecule has 1 aliphatic rings. The lowest BCUT2D eigenvalue weighted by molar-refractivity contribution is -0.145. The minimum Gasteiger partial charge on any atom is -0.461 e. The van der Waals surface area contributed by atoms with Crippen LogP contribution in [0.2, 0.25) is 0 Å². The molecule has 0 aliphatic carbocycles. The first kappa shape index (κ1) is 14.1. The first-order chi connectivity index (χ1) is 9.04. The van der Waals surface area contributed by atoms with E-state index in [4.69, 9.17) is 10.5 Å². The van der Waals surface area contributed by atoms with E-state index in [1.54, 1.807) is 0 Å². The molecule has 2 rings (SSSR count). The predicted molar refractivity (Wildman–Crippen MR) is 76.6 cm³/mol. The Balaban J connectivity index is 1.79. The third kappa shape index (κ3) is 4.07. The summed E-state index contributed by atoms with van der Waals surface area (Å²) in [5.74, 6) is -0.804. The standard InChI is InChI=1S/C12H11BrN2O3S/c13-8-3-1-7(2-4-8)6-18-10(16)5-9-11(17)15-12(14)19-9/h1-4,9H,5-6H2,(H2,14,15,17)/t9-/m0/s1. The van der Waals surface area contributed by atoms with Crippen molar-refractivity contribution in [1.29, 1.82) is 0 Å². The van der Waals surface area contributed by atoms with Crippen LogP contribution < -0.4 is 5.73 Å². The summed E-state index contributed by atoms with van der Waals surface area (Å²) in [5, 5.41) is -0.340. The van der Waals surface area contributed by atoms with E-state index >= 15 is 0 Å². The minimum atomic E-state index is -0.544. The Morgan fingerprint density at radius 3 is 2.68 bits per heavy atom. The van der Waals surface area contributed by atoms with Crippen LogP contribution in [-0.2, 0) is 20.9 Å². The fraction of sp³-hybridized carbons (Fsp3) is 0.250. The van der Waals surface area contributed by atoms with Crippen LogP contribution in [0, 0.1) is 0 Å². The van der Waals surface area contributed by atoms with Gasteiger partial charge in [0, 0.05) is 4.47 Å². The molecule has 0 fully saturated rings. The van der Waals surface area contributed by atoms with Gasteiger partial charge in [-0.05, 0) is 17.7 Å². The van der Waals surface area contributed by atoms with Crippen molar-refractivity contribution < 1.29 is 14.3 Å². The van der Waals surface area contributed by atoms with Gasteiger partial charge in [0.25, 0.3) is 5.91 Å². The van der Waals surface area contributed by atoms with Crippen LogP contribution in [0.15, 0.2) is 33.7 Å². The van der Waals surface area contributed by atoms with Crippen LogP contribution in [0.1, 0.15) is 12.0 Å². The van der Waals surface area contributed by atoms with Crippen LogP contribution in [0.5, 0.6) is 0 Å². The maximum Gasteiger partial charge on any atom is 0.307 e. The van der Waals surface area contributed by atoms with Gasteiger partial charge in [0.2, 0.25) is 0 Å². The molecule has 1 heterocycles. The molecule has 19 heavy (non-hydrogen) atoms. The molecule has 0 spiro atoms. The van der Waals surface area contributed by atoms with Gasteiger partial charge in [-0.3, -0.25) is 9.59 Å². The number of nitrogens with zero attached hydrogens (tertiary/aromatic N) is 1. The highest BCUT2D eigenvalue weighted by atomic mass is 79.9. The number of hydrogen-bond acceptors (Lipinski definition) is 5. The van der Waals surface area contributed by atoms with Crippen LogP contribution in [0.25, 0.3) is 0 Å². The summed E-state index contributed by atoms with van der Waals surface area (Å²) in [6.45, 7) is 0.189. The van der Waals surface area contributed by atoms with Crippen LogP contribution in [-0.4, -0.2) is 22.3 Å². The molecule has 1 aliphatic heterocycles. The second-order valence-corrected chi connectivity index (χ2v) is 6.02. The molecule has 0 unspecified atom stereocenters. The second kappa shape index (κ2) is 6.21. The normalized spacial score (nSPS) is 18.3. The number of carbonyl (C=O) groups excluding carboxylic acids is 2. The topological polar surface area (TPSA) is 81.8 Å². The molecule has 0 saturated heterocycles. The van der Waals surface area contributed by atoms with Crippen LogP contribution in [0.3, 0.4) is 0 Å². The number of amidine groups is 1. The highest BCUT2D eigenvalue weighted by Crippen LogP contribution is 2.23. The Morgan fingerprint density at radius 2 is 2.11 bits per heavy atom. The van der Waals surface area contributed by atoms with Crippen molar-refractivity contribution in [2.24, 2.45) is 10.7 Å². The average molecular weight is 343 g/mol. The van der Waals surface area contributed by atoms with Crippen molar-refractivity contribution in [2.45, 2.75) is 18.3 Å². The summed E-state index contributed by atoms with van der Waals surface area (Å²) in [6.07, 6.45) is -0.00969. The van der Waals surface area contributed by atoms with Crippen molar-refractivity contribution in [1.82, 2.24) is 0 Å². The number of thioether (sulfide) groups is 1. The first-order valence-electron chi connectivity index (χ1n) is 5.49. The van der Waals surface area contributed by atoms with Gasteiger partial charge < -0.3 is 10.5 Å². The van der Waals surface area contributed by atoms with Gasteiger partial charge in [0.1, 0.15) is 11.9 Å². The molecule has 0 saturated carbocycles. The Morgan fingerprint density at radius 1 is 1.42 bits per heavy atom. The van der Waals surface area contributed by atoms with Crippen LogP contribution >= 0.6 is 27.7 Å². The Kier molecular flexibility index (Phi) is 4.60. The molecule has 1 aromatic rings. The molecule has 1 atom stereocenters. The molecule has 0 bridgehead atoms. The molecule has 2 N–H and O–H groups in total. The lowest BCUT2D eigenvalue weighted by Gasteiger charge is -2.07. The second-order valence-electron chi connectivity index (χ2n) is 3.89. The number of benzene rings is 1. The third-order valence-corrected chi connectivity index (χ3v) is 3.94. The van der Waals surface area contributed by atoms with E-state index in [1.165, 1.54) is 0 Å². The minimum absolute atomic E-state index is 0.00969.